The maximum Gasteiger partial charge on any atom is 0.160 e. The Morgan fingerprint density at radius 2 is 1.32 bits per heavy atom. The topological polar surface area (TPSA) is 54.8 Å². The van der Waals surface area contributed by atoms with Crippen molar-refractivity contribution in [1.29, 1.82) is 0 Å². The summed E-state index contributed by atoms with van der Waals surface area (Å²) >= 11 is 0. The zero-order chi connectivity index (χ0) is 35.3. The molecule has 2 aromatic heterocycles. The summed E-state index contributed by atoms with van der Waals surface area (Å²) in [5.74, 6) is 1.46. The Balaban J connectivity index is 1.15. The maximum atomic E-state index is 6.90. The monoisotopic (exact) mass is 682 g/mol. The van der Waals surface area contributed by atoms with Crippen LogP contribution >= 0.6 is 0 Å². The molecule has 53 heavy (non-hydrogen) atoms. The average molecular weight is 683 g/mol. The molecule has 1 atom stereocenters. The summed E-state index contributed by atoms with van der Waals surface area (Å²) in [6.45, 7) is 4.69. The zero-order valence-corrected chi connectivity index (χ0v) is 29.3. The lowest BCUT2D eigenvalue weighted by Gasteiger charge is -2.23. The molecule has 5 nitrogen and oxygen atoms in total. The van der Waals surface area contributed by atoms with Gasteiger partial charge in [0.25, 0.3) is 0 Å². The molecule has 2 aliphatic rings. The number of rotatable bonds is 4. The van der Waals surface area contributed by atoms with Gasteiger partial charge in [-0.2, -0.15) is 0 Å². The van der Waals surface area contributed by atoms with Crippen LogP contribution in [0, 0.1) is 0 Å². The highest BCUT2D eigenvalue weighted by Gasteiger charge is 2.36. The maximum absolute atomic E-state index is 6.90. The average Bonchev–Trinajstić information content (AvgIpc) is 3.83. The number of hydrogen-bond acceptors (Lipinski definition) is 4. The molecule has 0 radical (unpaired) electrons. The Morgan fingerprint density at radius 3 is 2.19 bits per heavy atom. The number of amidine groups is 2. The summed E-state index contributed by atoms with van der Waals surface area (Å²) in [7, 11) is 0. The van der Waals surface area contributed by atoms with E-state index in [2.05, 4.69) is 151 Å². The third kappa shape index (κ3) is 4.37. The Kier molecular flexibility index (Phi) is 6.30. The van der Waals surface area contributed by atoms with Crippen molar-refractivity contribution in [2.75, 3.05) is 0 Å². The van der Waals surface area contributed by atoms with E-state index in [-0.39, 0.29) is 11.6 Å². The number of aliphatic imine (C=N–C) groups is 2. The van der Waals surface area contributed by atoms with E-state index >= 15 is 0 Å². The first-order chi connectivity index (χ1) is 26.0. The van der Waals surface area contributed by atoms with Crippen LogP contribution in [0.4, 0.5) is 0 Å². The molecule has 1 N–H and O–H groups in total. The van der Waals surface area contributed by atoms with Crippen molar-refractivity contribution < 1.29 is 4.42 Å². The first-order valence-corrected chi connectivity index (χ1v) is 18.2. The second-order valence-electron chi connectivity index (χ2n) is 14.6. The fourth-order valence-electron chi connectivity index (χ4n) is 8.74. The van der Waals surface area contributed by atoms with Gasteiger partial charge in [0.2, 0.25) is 0 Å². The van der Waals surface area contributed by atoms with E-state index in [4.69, 9.17) is 14.4 Å². The molecular formula is C48H34N4O. The van der Waals surface area contributed by atoms with Crippen LogP contribution in [0.15, 0.2) is 172 Å². The molecule has 252 valence electrons. The molecule has 3 heterocycles. The molecule has 11 rings (SSSR count). The van der Waals surface area contributed by atoms with Crippen molar-refractivity contribution in [2.45, 2.75) is 25.4 Å². The van der Waals surface area contributed by atoms with E-state index in [1.54, 1.807) is 0 Å². The van der Waals surface area contributed by atoms with E-state index in [0.717, 1.165) is 61.2 Å². The van der Waals surface area contributed by atoms with Crippen LogP contribution in [0.2, 0.25) is 0 Å². The minimum absolute atomic E-state index is 0.0851. The van der Waals surface area contributed by atoms with Crippen molar-refractivity contribution in [1.82, 2.24) is 9.88 Å². The first-order valence-electron chi connectivity index (χ1n) is 18.2. The number of aromatic nitrogens is 1. The molecule has 7 aromatic carbocycles. The second kappa shape index (κ2) is 11.1. The summed E-state index contributed by atoms with van der Waals surface area (Å²) in [5.41, 5.74) is 13.2. The number of para-hydroxylation sites is 2. The lowest BCUT2D eigenvalue weighted by atomic mass is 9.82. The van der Waals surface area contributed by atoms with Gasteiger partial charge in [-0.1, -0.05) is 141 Å². The number of nitrogens with one attached hydrogen (secondary N) is 1. The van der Waals surface area contributed by atoms with Crippen LogP contribution in [0.5, 0.6) is 0 Å². The largest absolute Gasteiger partial charge is 0.454 e. The van der Waals surface area contributed by atoms with Gasteiger partial charge in [-0.05, 0) is 58.1 Å². The van der Waals surface area contributed by atoms with E-state index in [1.807, 2.05) is 30.3 Å². The van der Waals surface area contributed by atoms with Crippen LogP contribution in [0.25, 0.3) is 60.6 Å². The number of benzene rings is 7. The van der Waals surface area contributed by atoms with Crippen molar-refractivity contribution in [2.24, 2.45) is 9.98 Å². The third-order valence-corrected chi connectivity index (χ3v) is 11.3. The van der Waals surface area contributed by atoms with Gasteiger partial charge in [-0.15, -0.1) is 0 Å². The van der Waals surface area contributed by atoms with Crippen LogP contribution in [0.3, 0.4) is 0 Å². The van der Waals surface area contributed by atoms with E-state index in [9.17, 15) is 0 Å². The molecule has 1 aliphatic carbocycles. The Hall–Kier alpha value is -6.72. The van der Waals surface area contributed by atoms with E-state index in [1.165, 1.54) is 33.0 Å². The summed E-state index contributed by atoms with van der Waals surface area (Å²) in [5, 5.41) is 8.09. The quantitative estimate of drug-likeness (QED) is 0.201. The SMILES string of the molecule is CC1(C)c2ccccc2-c2cc3c(cc21)c1ccccc1n3-c1cccc2c1oc1cccc(C3=NC(c4ccccc4)NC(c4ccccc4)=N3)c12. The summed E-state index contributed by atoms with van der Waals surface area (Å²) in [6, 6.07) is 55.7. The Bertz CT molecular complexity index is 3000. The van der Waals surface area contributed by atoms with Gasteiger partial charge in [0.05, 0.1) is 16.7 Å². The smallest absolute Gasteiger partial charge is 0.160 e. The molecule has 0 amide bonds. The van der Waals surface area contributed by atoms with Crippen LogP contribution in [-0.4, -0.2) is 16.2 Å². The van der Waals surface area contributed by atoms with Crippen molar-refractivity contribution in [3.05, 3.63) is 186 Å². The van der Waals surface area contributed by atoms with Gasteiger partial charge in [0.1, 0.15) is 17.6 Å². The summed E-state index contributed by atoms with van der Waals surface area (Å²) in [4.78, 5) is 10.4. The van der Waals surface area contributed by atoms with E-state index < -0.39 is 0 Å². The summed E-state index contributed by atoms with van der Waals surface area (Å²) in [6.07, 6.45) is -0.294. The molecule has 0 spiro atoms. The predicted molar refractivity (Wildman–Crippen MR) is 217 cm³/mol. The van der Waals surface area contributed by atoms with Gasteiger partial charge >= 0.3 is 0 Å². The highest BCUT2D eigenvalue weighted by atomic mass is 16.3. The molecule has 0 bridgehead atoms. The third-order valence-electron chi connectivity index (χ3n) is 11.3. The molecule has 1 aliphatic heterocycles. The highest BCUT2D eigenvalue weighted by molar-refractivity contribution is 6.23. The van der Waals surface area contributed by atoms with Gasteiger partial charge in [0.15, 0.2) is 11.4 Å². The van der Waals surface area contributed by atoms with Gasteiger partial charge in [0, 0.05) is 38.1 Å². The minimum atomic E-state index is -0.294. The van der Waals surface area contributed by atoms with Crippen molar-refractivity contribution in [3.8, 4) is 16.8 Å². The molecule has 0 saturated carbocycles. The van der Waals surface area contributed by atoms with Gasteiger partial charge in [-0.25, -0.2) is 9.98 Å². The Labute approximate surface area is 306 Å². The van der Waals surface area contributed by atoms with Gasteiger partial charge in [-0.3, -0.25) is 0 Å². The highest BCUT2D eigenvalue weighted by Crippen LogP contribution is 2.51. The normalized spacial score (nSPS) is 16.1. The van der Waals surface area contributed by atoms with Gasteiger partial charge < -0.3 is 14.3 Å². The molecule has 0 saturated heterocycles. The molecule has 0 fully saturated rings. The number of hydrogen-bond donors (Lipinski definition) is 1. The standard InChI is InChI=1S/C48H34N4O/c1-48(2)37-23-11-9-19-31(37)35-28-41-36(27-38(35)48)32-20-10-12-24-39(32)52(41)40-25-13-21-33-43-34(22-14-26-42(43)53-44(33)40)47-50-45(29-15-5-3-6-16-29)49-46(51-47)30-17-7-4-8-18-30/h3-28,45H,1-2H3,(H,49,50,51). The number of fused-ring (bicyclic) bond motifs is 9. The van der Waals surface area contributed by atoms with Crippen LogP contribution in [-0.2, 0) is 5.41 Å². The predicted octanol–water partition coefficient (Wildman–Crippen LogP) is 11.5. The molecule has 5 heteroatoms. The number of furan rings is 1. The van der Waals surface area contributed by atoms with Crippen LogP contribution < -0.4 is 5.32 Å². The fraction of sp³-hybridized carbons (Fsp3) is 0.0833. The molecule has 9 aromatic rings. The fourth-order valence-corrected chi connectivity index (χ4v) is 8.74. The van der Waals surface area contributed by atoms with Crippen molar-refractivity contribution in [3.63, 3.8) is 0 Å². The lowest BCUT2D eigenvalue weighted by molar-refractivity contribution is 0.661. The lowest BCUT2D eigenvalue weighted by Crippen LogP contribution is -2.33. The van der Waals surface area contributed by atoms with Crippen molar-refractivity contribution >= 4 is 55.4 Å². The first kappa shape index (κ1) is 30.0. The zero-order valence-electron chi connectivity index (χ0n) is 29.3. The van der Waals surface area contributed by atoms with Crippen LogP contribution in [0.1, 0.15) is 47.8 Å². The molecule has 1 unspecified atom stereocenters. The molecular weight excluding hydrogens is 649 g/mol. The minimum Gasteiger partial charge on any atom is -0.454 e. The Morgan fingerprint density at radius 1 is 0.604 bits per heavy atom. The summed E-state index contributed by atoms with van der Waals surface area (Å²) < 4.78 is 9.29. The van der Waals surface area contributed by atoms with E-state index in [0.29, 0.717) is 5.84 Å². The number of nitrogens with zero attached hydrogens (tertiary/aromatic N) is 3. The second-order valence-corrected chi connectivity index (χ2v) is 14.6.